The van der Waals surface area contributed by atoms with Crippen molar-refractivity contribution in [3.05, 3.63) is 64.7 Å². The van der Waals surface area contributed by atoms with Crippen LogP contribution in [0.1, 0.15) is 72.4 Å². The van der Waals surface area contributed by atoms with E-state index in [1.165, 1.54) is 18.2 Å². The molecule has 49 heavy (non-hydrogen) atoms. The number of nitrogens with one attached hydrogen (secondary N) is 2. The monoisotopic (exact) mass is 716 g/mol. The second kappa shape index (κ2) is 15.1. The van der Waals surface area contributed by atoms with Crippen molar-refractivity contribution < 1.29 is 33.8 Å². The third-order valence-electron chi connectivity index (χ3n) is 7.48. The van der Waals surface area contributed by atoms with E-state index in [4.69, 9.17) is 32.7 Å². The van der Waals surface area contributed by atoms with Crippen molar-refractivity contribution in [2.45, 2.75) is 84.1 Å². The number of carbonyl (C=O) groups excluding carboxylic acids is 3. The summed E-state index contributed by atoms with van der Waals surface area (Å²) in [5.41, 5.74) is -1.30. The predicted octanol–water partition coefficient (Wildman–Crippen LogP) is 8.45. The molecule has 2 atom stereocenters. The minimum atomic E-state index is -1.49. The molecule has 1 saturated heterocycles. The summed E-state index contributed by atoms with van der Waals surface area (Å²) in [5.74, 6) is -0.415. The highest BCUT2D eigenvalue weighted by Gasteiger charge is 2.38. The fraction of sp³-hybridized carbons (Fsp3) is 0.441. The maximum absolute atomic E-state index is 13.9. The normalized spacial score (nSPS) is 16.0. The lowest BCUT2D eigenvalue weighted by molar-refractivity contribution is 0.0428. The Morgan fingerprint density at radius 1 is 1.04 bits per heavy atom. The van der Waals surface area contributed by atoms with E-state index in [1.807, 2.05) is 6.08 Å². The number of urea groups is 1. The lowest BCUT2D eigenvalue weighted by Gasteiger charge is -2.40. The predicted molar refractivity (Wildman–Crippen MR) is 189 cm³/mol. The van der Waals surface area contributed by atoms with Crippen LogP contribution in [0, 0.1) is 0 Å². The number of benzene rings is 2. The number of imide groups is 1. The van der Waals surface area contributed by atoms with Crippen LogP contribution in [-0.2, 0) is 9.47 Å². The van der Waals surface area contributed by atoms with Gasteiger partial charge in [0, 0.05) is 12.6 Å². The van der Waals surface area contributed by atoms with Crippen LogP contribution in [-0.4, -0.2) is 74.4 Å². The summed E-state index contributed by atoms with van der Waals surface area (Å²) in [7, 11) is 0. The zero-order chi connectivity index (χ0) is 36.3. The Bertz CT molecular complexity index is 1720. The maximum atomic E-state index is 13.9. The smallest absolute Gasteiger partial charge is 0.432 e. The largest absolute Gasteiger partial charge is 0.463 e. The Hall–Kier alpha value is -4.33. The molecule has 2 aromatic carbocycles. The average Bonchev–Trinajstić information content (AvgIpc) is 3.37. The quantitative estimate of drug-likeness (QED) is 0.204. The third kappa shape index (κ3) is 9.22. The summed E-state index contributed by atoms with van der Waals surface area (Å²) in [6, 6.07) is 8.31. The average molecular weight is 718 g/mol. The Morgan fingerprint density at radius 3 is 2.27 bits per heavy atom. The molecule has 3 N–H and O–H groups in total. The number of nitrogens with zero attached hydrogens (tertiary/aromatic N) is 4. The number of hydrogen-bond acceptors (Lipinski definition) is 8. The van der Waals surface area contributed by atoms with Crippen LogP contribution in [0.25, 0.3) is 10.9 Å². The molecule has 0 bridgehead atoms. The topological polar surface area (TPSA) is 155 Å². The van der Waals surface area contributed by atoms with Crippen molar-refractivity contribution in [1.29, 1.82) is 0 Å². The molecule has 0 radical (unpaired) electrons. The summed E-state index contributed by atoms with van der Waals surface area (Å²) < 4.78 is 11.6. The molecule has 0 saturated carbocycles. The SMILES string of the molecule is C=CCN1CCCC[C@H]1[C@@H](NC(=O)Nc1cccc2c1c(N(C(=O)OC(C)(C)C)C(=O)OC(C)(C)C)nn2C(=O)O)c1ccc(Cl)c(Cl)c1. The third-order valence-corrected chi connectivity index (χ3v) is 8.22. The lowest BCUT2D eigenvalue weighted by atomic mass is 9.90. The van der Waals surface area contributed by atoms with E-state index < -0.39 is 47.4 Å². The van der Waals surface area contributed by atoms with Crippen molar-refractivity contribution in [3.8, 4) is 0 Å². The molecule has 0 unspecified atom stereocenters. The van der Waals surface area contributed by atoms with Crippen LogP contribution in [0.2, 0.25) is 10.0 Å². The van der Waals surface area contributed by atoms with E-state index in [0.717, 1.165) is 31.4 Å². The zero-order valence-corrected chi connectivity index (χ0v) is 29.9. The van der Waals surface area contributed by atoms with Crippen molar-refractivity contribution >= 4 is 69.9 Å². The zero-order valence-electron chi connectivity index (χ0n) is 28.4. The van der Waals surface area contributed by atoms with Gasteiger partial charge >= 0.3 is 24.3 Å². The molecular formula is C34H42Cl2N6O7. The summed E-state index contributed by atoms with van der Waals surface area (Å²) >= 11 is 12.6. The van der Waals surface area contributed by atoms with E-state index in [1.54, 1.807) is 59.7 Å². The molecule has 1 aromatic heterocycles. The van der Waals surface area contributed by atoms with Crippen LogP contribution in [0.3, 0.4) is 0 Å². The Morgan fingerprint density at radius 2 is 1.69 bits per heavy atom. The first-order valence-corrected chi connectivity index (χ1v) is 16.5. The van der Waals surface area contributed by atoms with Crippen LogP contribution < -0.4 is 15.5 Å². The number of rotatable bonds is 7. The van der Waals surface area contributed by atoms with E-state index in [2.05, 4.69) is 27.2 Å². The van der Waals surface area contributed by atoms with Gasteiger partial charge in [0.25, 0.3) is 0 Å². The molecule has 4 rings (SSSR count). The van der Waals surface area contributed by atoms with Gasteiger partial charge < -0.3 is 25.2 Å². The van der Waals surface area contributed by atoms with Gasteiger partial charge in [0.1, 0.15) is 11.2 Å². The highest BCUT2D eigenvalue weighted by atomic mass is 35.5. The molecule has 3 aromatic rings. The van der Waals surface area contributed by atoms with Crippen LogP contribution in [0.4, 0.5) is 30.7 Å². The van der Waals surface area contributed by atoms with Gasteiger partial charge in [-0.15, -0.1) is 11.7 Å². The van der Waals surface area contributed by atoms with Gasteiger partial charge in [-0.05, 0) is 90.8 Å². The molecule has 4 amide bonds. The lowest BCUT2D eigenvalue weighted by Crippen LogP contribution is -2.49. The van der Waals surface area contributed by atoms with Crippen molar-refractivity contribution in [2.75, 3.05) is 23.3 Å². The first-order chi connectivity index (χ1) is 22.9. The number of piperidine rings is 1. The van der Waals surface area contributed by atoms with E-state index in [9.17, 15) is 24.3 Å². The Labute approximate surface area is 295 Å². The molecular weight excluding hydrogens is 675 g/mol. The summed E-state index contributed by atoms with van der Waals surface area (Å²) in [5, 5.41) is 20.7. The fourth-order valence-corrected chi connectivity index (χ4v) is 5.92. The number of likely N-dealkylation sites (tertiary alicyclic amines) is 1. The summed E-state index contributed by atoms with van der Waals surface area (Å²) in [6.07, 6.45) is 0.731. The molecule has 13 nitrogen and oxygen atoms in total. The molecule has 264 valence electrons. The van der Waals surface area contributed by atoms with Crippen LogP contribution in [0.15, 0.2) is 49.1 Å². The van der Waals surface area contributed by atoms with E-state index in [-0.39, 0.29) is 22.6 Å². The highest BCUT2D eigenvalue weighted by Crippen LogP contribution is 2.36. The second-order valence-corrected chi connectivity index (χ2v) is 14.4. The fourth-order valence-electron chi connectivity index (χ4n) is 5.61. The molecule has 0 aliphatic carbocycles. The van der Waals surface area contributed by atoms with E-state index in [0.29, 0.717) is 26.2 Å². The molecule has 1 fully saturated rings. The molecule has 1 aliphatic rings. The number of aromatic nitrogens is 2. The number of anilines is 2. The van der Waals surface area contributed by atoms with Gasteiger partial charge in [-0.25, -0.2) is 19.2 Å². The second-order valence-electron chi connectivity index (χ2n) is 13.6. The van der Waals surface area contributed by atoms with Gasteiger partial charge in [0.15, 0.2) is 5.82 Å². The van der Waals surface area contributed by atoms with Crippen molar-refractivity contribution in [3.63, 3.8) is 0 Å². The van der Waals surface area contributed by atoms with Gasteiger partial charge in [0.2, 0.25) is 0 Å². The number of hydrogen-bond donors (Lipinski definition) is 3. The number of carbonyl (C=O) groups is 4. The molecule has 2 heterocycles. The first-order valence-electron chi connectivity index (χ1n) is 15.8. The van der Waals surface area contributed by atoms with Gasteiger partial charge in [-0.1, -0.05) is 47.8 Å². The highest BCUT2D eigenvalue weighted by molar-refractivity contribution is 6.42. The molecule has 0 spiro atoms. The van der Waals surface area contributed by atoms with Gasteiger partial charge in [0.05, 0.1) is 32.7 Å². The van der Waals surface area contributed by atoms with Crippen LogP contribution >= 0.6 is 23.2 Å². The van der Waals surface area contributed by atoms with Gasteiger partial charge in [-0.3, -0.25) is 4.90 Å². The minimum Gasteiger partial charge on any atom is -0.463 e. The number of ether oxygens (including phenoxy) is 2. The standard InChI is InChI=1S/C34H42Cl2N6O7/c1-8-17-40-18-10-9-13-25(40)27(20-15-16-21(35)22(36)19-20)38-29(43)37-23-12-11-14-24-26(23)28(39-42(24)30(44)45)41(31(46)48-33(2,3)4)32(47)49-34(5,6)7/h8,11-12,14-16,19,25,27H,1,9-10,13,17-18H2,2-7H3,(H,44,45)(H2,37,38,43)/t25-,27-/m0/s1. The minimum absolute atomic E-state index is 0.0112. The summed E-state index contributed by atoms with van der Waals surface area (Å²) in [6.45, 7) is 14.9. The Kier molecular flexibility index (Phi) is 11.5. The first kappa shape index (κ1) is 37.5. The van der Waals surface area contributed by atoms with Crippen molar-refractivity contribution in [2.24, 2.45) is 0 Å². The number of carboxylic acid groups (broad SMARTS) is 1. The van der Waals surface area contributed by atoms with Crippen LogP contribution in [0.5, 0.6) is 0 Å². The number of amides is 4. The summed E-state index contributed by atoms with van der Waals surface area (Å²) in [4.78, 5) is 56.0. The maximum Gasteiger partial charge on any atom is 0.432 e. The molecule has 1 aliphatic heterocycles. The molecule has 15 heteroatoms. The van der Waals surface area contributed by atoms with E-state index >= 15 is 0 Å². The van der Waals surface area contributed by atoms with Gasteiger partial charge in [-0.2, -0.15) is 9.58 Å². The number of fused-ring (bicyclic) bond motifs is 1. The Balaban J connectivity index is 1.81. The van der Waals surface area contributed by atoms with Crippen molar-refractivity contribution in [1.82, 2.24) is 20.0 Å². The number of halogens is 2.